The zero-order valence-electron chi connectivity index (χ0n) is 5.60. The van der Waals surface area contributed by atoms with Gasteiger partial charge in [-0.05, 0) is 0 Å². The Balaban J connectivity index is 0.000000112. The maximum absolute atomic E-state index is 5.02. The molecule has 0 spiro atoms. The largest absolute Gasteiger partial charge is 0.367 e. The number of hydrogen-bond donors (Lipinski definition) is 3. The first-order chi connectivity index (χ1) is 5.39. The Morgan fingerprint density at radius 2 is 2.27 bits per heavy atom. The summed E-state index contributed by atoms with van der Waals surface area (Å²) in [5, 5.41) is 15.2. The molecule has 0 saturated carbocycles. The molecule has 0 amide bonds. The van der Waals surface area contributed by atoms with Crippen LogP contribution in [0.25, 0.3) is 0 Å². The van der Waals surface area contributed by atoms with Crippen LogP contribution in [-0.2, 0) is 0 Å². The van der Waals surface area contributed by atoms with E-state index in [1.807, 2.05) is 0 Å². The van der Waals surface area contributed by atoms with Crippen LogP contribution in [-0.4, -0.2) is 30.6 Å². The smallest absolute Gasteiger partial charge is 0.239 e. The third kappa shape index (κ3) is 2.94. The number of nitrogen functional groups attached to an aromatic ring is 1. The molecule has 0 fully saturated rings. The van der Waals surface area contributed by atoms with Crippen molar-refractivity contribution in [2.45, 2.75) is 0 Å². The zero-order valence-corrected chi connectivity index (χ0v) is 5.60. The molecular weight excluding hydrogens is 146 g/mol. The molecule has 0 aliphatic carbocycles. The highest BCUT2D eigenvalue weighted by atomic mass is 15.3. The molecule has 4 N–H and O–H groups in total. The second-order valence-electron chi connectivity index (χ2n) is 1.52. The van der Waals surface area contributed by atoms with Gasteiger partial charge in [0.15, 0.2) is 0 Å². The molecule has 7 heteroatoms. The maximum atomic E-state index is 5.02. The summed E-state index contributed by atoms with van der Waals surface area (Å²) in [6.07, 6.45) is 4.66. The average Bonchev–Trinajstić information content (AvgIpc) is 2.57. The molecule has 0 atom stereocenters. The minimum atomic E-state index is 0.287. The van der Waals surface area contributed by atoms with Crippen LogP contribution in [0.3, 0.4) is 0 Å². The molecule has 2 aromatic heterocycles. The Morgan fingerprint density at radius 1 is 1.36 bits per heavy atom. The van der Waals surface area contributed by atoms with Crippen molar-refractivity contribution in [1.82, 2.24) is 30.6 Å². The van der Waals surface area contributed by atoms with E-state index < -0.39 is 0 Å². The van der Waals surface area contributed by atoms with Crippen LogP contribution in [0.5, 0.6) is 0 Å². The van der Waals surface area contributed by atoms with E-state index >= 15 is 0 Å². The van der Waals surface area contributed by atoms with Crippen LogP contribution in [0.1, 0.15) is 0 Å². The number of nitrogens with one attached hydrogen (secondary N) is 2. The third-order valence-electron chi connectivity index (χ3n) is 0.765. The average molecular weight is 153 g/mol. The minimum Gasteiger partial charge on any atom is -0.367 e. The van der Waals surface area contributed by atoms with Gasteiger partial charge in [0, 0.05) is 6.20 Å². The highest BCUT2D eigenvalue weighted by Crippen LogP contribution is 1.76. The van der Waals surface area contributed by atoms with Gasteiger partial charge in [0.1, 0.15) is 6.33 Å². The molecule has 2 aromatic rings. The number of rotatable bonds is 0. The van der Waals surface area contributed by atoms with Crippen molar-refractivity contribution in [3.05, 3.63) is 18.7 Å². The number of nitrogens with two attached hydrogens (primary N) is 1. The first-order valence-corrected chi connectivity index (χ1v) is 2.81. The van der Waals surface area contributed by atoms with Gasteiger partial charge in [0.25, 0.3) is 0 Å². The summed E-state index contributed by atoms with van der Waals surface area (Å²) in [6, 6.07) is 0. The fourth-order valence-electron chi connectivity index (χ4n) is 0.386. The second kappa shape index (κ2) is 3.99. The highest BCUT2D eigenvalue weighted by Gasteiger charge is 1.76. The molecule has 0 radical (unpaired) electrons. The van der Waals surface area contributed by atoms with Gasteiger partial charge in [0.2, 0.25) is 5.95 Å². The van der Waals surface area contributed by atoms with Gasteiger partial charge < -0.3 is 5.73 Å². The lowest BCUT2D eigenvalue weighted by molar-refractivity contribution is 0.940. The van der Waals surface area contributed by atoms with Crippen LogP contribution in [0.15, 0.2) is 18.7 Å². The van der Waals surface area contributed by atoms with Crippen molar-refractivity contribution in [3.63, 3.8) is 0 Å². The van der Waals surface area contributed by atoms with Gasteiger partial charge >= 0.3 is 0 Å². The van der Waals surface area contributed by atoms with Crippen molar-refractivity contribution >= 4 is 5.95 Å². The molecule has 2 rings (SSSR count). The highest BCUT2D eigenvalue weighted by molar-refractivity contribution is 5.07. The topological polar surface area (TPSA) is 109 Å². The number of aromatic nitrogens is 6. The molecular formula is C4H7N7. The molecule has 58 valence electrons. The zero-order chi connectivity index (χ0) is 7.94. The monoisotopic (exact) mass is 153 g/mol. The lowest BCUT2D eigenvalue weighted by Gasteiger charge is -1.65. The third-order valence-corrected chi connectivity index (χ3v) is 0.765. The normalized spacial score (nSPS) is 8.36. The molecule has 11 heavy (non-hydrogen) atoms. The van der Waals surface area contributed by atoms with E-state index in [1.54, 1.807) is 12.4 Å². The molecule has 0 bridgehead atoms. The fourth-order valence-corrected chi connectivity index (χ4v) is 0.386. The van der Waals surface area contributed by atoms with Gasteiger partial charge in [-0.1, -0.05) is 5.21 Å². The van der Waals surface area contributed by atoms with Gasteiger partial charge in [-0.15, -0.1) is 10.2 Å². The lowest BCUT2D eigenvalue weighted by Crippen LogP contribution is -1.84. The van der Waals surface area contributed by atoms with Gasteiger partial charge in [0.05, 0.1) is 6.20 Å². The first-order valence-electron chi connectivity index (χ1n) is 2.81. The van der Waals surface area contributed by atoms with E-state index in [-0.39, 0.29) is 5.95 Å². The van der Waals surface area contributed by atoms with Crippen molar-refractivity contribution in [2.24, 2.45) is 0 Å². The van der Waals surface area contributed by atoms with E-state index in [0.717, 1.165) is 0 Å². The SMILES string of the molecule is Nc1nc[nH]n1.c1c[nH]nn1. The number of aromatic amines is 2. The number of nitrogens with zero attached hydrogens (tertiary/aromatic N) is 4. The van der Waals surface area contributed by atoms with Crippen molar-refractivity contribution in [3.8, 4) is 0 Å². The summed E-state index contributed by atoms with van der Waals surface area (Å²) in [4.78, 5) is 3.53. The fraction of sp³-hybridized carbons (Fsp3) is 0. The number of H-pyrrole nitrogens is 2. The summed E-state index contributed by atoms with van der Waals surface area (Å²) in [5.74, 6) is 0.287. The molecule has 0 aliphatic heterocycles. The Hall–Kier alpha value is -1.92. The van der Waals surface area contributed by atoms with Gasteiger partial charge in [-0.3, -0.25) is 10.2 Å². The quantitative estimate of drug-likeness (QED) is 0.458. The molecule has 0 aliphatic rings. The summed E-state index contributed by atoms with van der Waals surface area (Å²) < 4.78 is 0. The van der Waals surface area contributed by atoms with E-state index in [4.69, 9.17) is 5.73 Å². The molecule has 0 saturated heterocycles. The number of anilines is 1. The van der Waals surface area contributed by atoms with Crippen molar-refractivity contribution in [1.29, 1.82) is 0 Å². The summed E-state index contributed by atoms with van der Waals surface area (Å²) in [7, 11) is 0. The Kier molecular flexibility index (Phi) is 2.61. The standard InChI is InChI=1S/C2H4N4.C2H3N3/c3-2-4-1-5-6-2;1-2-4-5-3-1/h1H,(H3,3,4,5,6);1-2H,(H,3,4,5). The van der Waals surface area contributed by atoms with Crippen LogP contribution < -0.4 is 5.73 Å². The Labute approximate surface area is 62.0 Å². The summed E-state index contributed by atoms with van der Waals surface area (Å²) >= 11 is 0. The number of hydrogen-bond acceptors (Lipinski definition) is 5. The van der Waals surface area contributed by atoms with Crippen LogP contribution in [0.4, 0.5) is 5.95 Å². The van der Waals surface area contributed by atoms with E-state index in [9.17, 15) is 0 Å². The first kappa shape index (κ1) is 7.19. The van der Waals surface area contributed by atoms with Crippen LogP contribution in [0.2, 0.25) is 0 Å². The lowest BCUT2D eigenvalue weighted by atomic mass is 11.0. The predicted molar refractivity (Wildman–Crippen MR) is 37.2 cm³/mol. The van der Waals surface area contributed by atoms with Gasteiger partial charge in [-0.25, -0.2) is 4.98 Å². The van der Waals surface area contributed by atoms with E-state index in [0.29, 0.717) is 0 Å². The Bertz CT molecular complexity index is 229. The molecule has 0 aromatic carbocycles. The summed E-state index contributed by atoms with van der Waals surface area (Å²) in [5.41, 5.74) is 5.02. The van der Waals surface area contributed by atoms with E-state index in [1.165, 1.54) is 6.33 Å². The second-order valence-corrected chi connectivity index (χ2v) is 1.52. The van der Waals surface area contributed by atoms with Crippen molar-refractivity contribution in [2.75, 3.05) is 5.73 Å². The molecule has 7 nitrogen and oxygen atoms in total. The summed E-state index contributed by atoms with van der Waals surface area (Å²) in [6.45, 7) is 0. The molecule has 0 unspecified atom stereocenters. The van der Waals surface area contributed by atoms with Crippen LogP contribution in [0, 0.1) is 0 Å². The van der Waals surface area contributed by atoms with Crippen LogP contribution >= 0.6 is 0 Å². The minimum absolute atomic E-state index is 0.287. The van der Waals surface area contributed by atoms with E-state index in [2.05, 4.69) is 30.6 Å². The Morgan fingerprint density at radius 3 is 2.45 bits per heavy atom. The van der Waals surface area contributed by atoms with Gasteiger partial charge in [-0.2, -0.15) is 0 Å². The maximum Gasteiger partial charge on any atom is 0.239 e. The predicted octanol–water partition coefficient (Wildman–Crippen LogP) is -0.808. The van der Waals surface area contributed by atoms with Crippen molar-refractivity contribution < 1.29 is 0 Å². The molecule has 2 heterocycles.